The van der Waals surface area contributed by atoms with Crippen LogP contribution in [0.15, 0.2) is 78.9 Å². The zero-order valence-electron chi connectivity index (χ0n) is 17.2. The highest BCUT2D eigenvalue weighted by Gasteiger charge is 2.14. The third-order valence-electron chi connectivity index (χ3n) is 5.35. The lowest BCUT2D eigenvalue weighted by molar-refractivity contribution is -0.111. The Balaban J connectivity index is 1.57. The second-order valence-electron chi connectivity index (χ2n) is 7.39. The van der Waals surface area contributed by atoms with Crippen molar-refractivity contribution >= 4 is 28.9 Å². The van der Waals surface area contributed by atoms with E-state index in [0.717, 1.165) is 35.7 Å². The molecule has 1 aliphatic heterocycles. The third kappa shape index (κ3) is 4.71. The van der Waals surface area contributed by atoms with E-state index in [2.05, 4.69) is 22.3 Å². The van der Waals surface area contributed by atoms with Crippen LogP contribution in [-0.2, 0) is 4.79 Å². The van der Waals surface area contributed by atoms with Crippen molar-refractivity contribution in [3.63, 3.8) is 0 Å². The second kappa shape index (κ2) is 9.31. The average Bonchev–Trinajstić information content (AvgIpc) is 3.34. The van der Waals surface area contributed by atoms with Crippen LogP contribution in [-0.4, -0.2) is 26.1 Å². The molecule has 1 amide bonds. The summed E-state index contributed by atoms with van der Waals surface area (Å²) in [5.74, 6) is 0.655. The number of carbonyl (C=O) groups excluding carboxylic acids is 1. The van der Waals surface area contributed by atoms with Gasteiger partial charge < -0.3 is 15.0 Å². The maximum atomic E-state index is 13.2. The number of amides is 1. The summed E-state index contributed by atoms with van der Waals surface area (Å²) in [5, 5.41) is 3.05. The van der Waals surface area contributed by atoms with Gasteiger partial charge in [-0.2, -0.15) is 0 Å². The molecular weight excluding hydrogens is 372 g/mol. The molecule has 0 unspecified atom stereocenters. The number of methoxy groups -OCH3 is 1. The number of hydrogen-bond donors (Lipinski definition) is 1. The smallest absolute Gasteiger partial charge is 0.256 e. The summed E-state index contributed by atoms with van der Waals surface area (Å²) in [6.45, 7) is 2.21. The molecule has 0 aromatic heterocycles. The Kier molecular flexibility index (Phi) is 6.14. The minimum atomic E-state index is -0.133. The molecule has 4 nitrogen and oxygen atoms in total. The summed E-state index contributed by atoms with van der Waals surface area (Å²) >= 11 is 0. The molecule has 1 saturated heterocycles. The van der Waals surface area contributed by atoms with Gasteiger partial charge in [-0.25, -0.2) is 0 Å². The fraction of sp³-hybridized carbons (Fsp3) is 0.192. The van der Waals surface area contributed by atoms with Crippen molar-refractivity contribution in [3.05, 3.63) is 90.0 Å². The quantitative estimate of drug-likeness (QED) is 0.442. The van der Waals surface area contributed by atoms with E-state index in [0.29, 0.717) is 5.57 Å². The molecule has 0 radical (unpaired) electrons. The first kappa shape index (κ1) is 19.8. The van der Waals surface area contributed by atoms with E-state index in [1.54, 1.807) is 7.11 Å². The fourth-order valence-corrected chi connectivity index (χ4v) is 3.69. The van der Waals surface area contributed by atoms with Crippen LogP contribution in [0, 0.1) is 0 Å². The molecular formula is C26H26N2O2. The summed E-state index contributed by atoms with van der Waals surface area (Å²) in [6, 6.07) is 25.5. The van der Waals surface area contributed by atoms with Gasteiger partial charge in [-0.1, -0.05) is 42.5 Å². The zero-order chi connectivity index (χ0) is 20.8. The first-order valence-corrected chi connectivity index (χ1v) is 10.3. The van der Waals surface area contributed by atoms with Crippen molar-refractivity contribution in [3.8, 4) is 5.75 Å². The lowest BCUT2D eigenvalue weighted by Crippen LogP contribution is -2.17. The van der Waals surface area contributed by atoms with Crippen LogP contribution >= 0.6 is 0 Å². The standard InChI is InChI=1S/C26H26N2O2/c1-30-24-15-9-20(10-16-24)19-25(21-7-3-2-4-8-21)26(29)27-22-11-13-23(14-12-22)28-17-5-6-18-28/h2-4,7-16,19H,5-6,17-18H2,1H3,(H,27,29)/b25-19+. The van der Waals surface area contributed by atoms with Crippen LogP contribution in [0.2, 0.25) is 0 Å². The number of nitrogens with one attached hydrogen (secondary N) is 1. The van der Waals surface area contributed by atoms with Crippen molar-refractivity contribution < 1.29 is 9.53 Å². The van der Waals surface area contributed by atoms with Crippen LogP contribution in [0.25, 0.3) is 11.6 Å². The number of ether oxygens (including phenoxy) is 1. The number of nitrogens with zero attached hydrogens (tertiary/aromatic N) is 1. The zero-order valence-corrected chi connectivity index (χ0v) is 17.2. The first-order valence-electron chi connectivity index (χ1n) is 10.3. The van der Waals surface area contributed by atoms with E-state index in [1.807, 2.05) is 72.8 Å². The van der Waals surface area contributed by atoms with Gasteiger partial charge in [-0.15, -0.1) is 0 Å². The molecule has 0 spiro atoms. The maximum Gasteiger partial charge on any atom is 0.256 e. The van der Waals surface area contributed by atoms with E-state index in [-0.39, 0.29) is 5.91 Å². The Morgan fingerprint density at radius 3 is 2.20 bits per heavy atom. The Hall–Kier alpha value is -3.53. The van der Waals surface area contributed by atoms with Crippen molar-refractivity contribution in [2.24, 2.45) is 0 Å². The van der Waals surface area contributed by atoms with Gasteiger partial charge in [0.1, 0.15) is 5.75 Å². The summed E-state index contributed by atoms with van der Waals surface area (Å²) in [4.78, 5) is 15.5. The Bertz CT molecular complexity index is 1000. The maximum absolute atomic E-state index is 13.2. The second-order valence-corrected chi connectivity index (χ2v) is 7.39. The molecule has 1 fully saturated rings. The van der Waals surface area contributed by atoms with Crippen LogP contribution in [0.1, 0.15) is 24.0 Å². The number of rotatable bonds is 6. The van der Waals surface area contributed by atoms with Crippen molar-refractivity contribution in [1.82, 2.24) is 0 Å². The van der Waals surface area contributed by atoms with E-state index >= 15 is 0 Å². The van der Waals surface area contributed by atoms with Crippen LogP contribution in [0.3, 0.4) is 0 Å². The lowest BCUT2D eigenvalue weighted by Gasteiger charge is -2.18. The monoisotopic (exact) mass is 398 g/mol. The summed E-state index contributed by atoms with van der Waals surface area (Å²) < 4.78 is 5.23. The van der Waals surface area contributed by atoms with E-state index < -0.39 is 0 Å². The summed E-state index contributed by atoms with van der Waals surface area (Å²) in [6.07, 6.45) is 4.40. The first-order chi connectivity index (χ1) is 14.7. The molecule has 0 atom stereocenters. The average molecular weight is 399 g/mol. The molecule has 3 aromatic rings. The minimum Gasteiger partial charge on any atom is -0.497 e. The van der Waals surface area contributed by atoms with Crippen molar-refractivity contribution in [2.75, 3.05) is 30.4 Å². The van der Waals surface area contributed by atoms with Crippen molar-refractivity contribution in [1.29, 1.82) is 0 Å². The largest absolute Gasteiger partial charge is 0.497 e. The molecule has 0 bridgehead atoms. The predicted molar refractivity (Wildman–Crippen MR) is 124 cm³/mol. The number of carbonyl (C=O) groups is 1. The Morgan fingerprint density at radius 1 is 0.900 bits per heavy atom. The third-order valence-corrected chi connectivity index (χ3v) is 5.35. The van der Waals surface area contributed by atoms with Gasteiger partial charge >= 0.3 is 0 Å². The fourth-order valence-electron chi connectivity index (χ4n) is 3.69. The molecule has 4 rings (SSSR count). The number of hydrogen-bond acceptors (Lipinski definition) is 3. The molecule has 4 heteroatoms. The summed E-state index contributed by atoms with van der Waals surface area (Å²) in [5.41, 5.74) is 4.43. The molecule has 0 aliphatic carbocycles. The minimum absolute atomic E-state index is 0.133. The predicted octanol–water partition coefficient (Wildman–Crippen LogP) is 5.47. The van der Waals surface area contributed by atoms with Crippen molar-refractivity contribution in [2.45, 2.75) is 12.8 Å². The van der Waals surface area contributed by atoms with Gasteiger partial charge in [-0.05, 0) is 66.4 Å². The lowest BCUT2D eigenvalue weighted by atomic mass is 10.0. The Labute approximate surface area is 177 Å². The topological polar surface area (TPSA) is 41.6 Å². The molecule has 30 heavy (non-hydrogen) atoms. The van der Waals surface area contributed by atoms with Gasteiger partial charge in [0.15, 0.2) is 0 Å². The van der Waals surface area contributed by atoms with E-state index in [9.17, 15) is 4.79 Å². The SMILES string of the molecule is COc1ccc(/C=C(/C(=O)Nc2ccc(N3CCCC3)cc2)c2ccccc2)cc1. The molecule has 3 aromatic carbocycles. The highest BCUT2D eigenvalue weighted by molar-refractivity contribution is 6.29. The van der Waals surface area contributed by atoms with E-state index in [1.165, 1.54) is 18.5 Å². The highest BCUT2D eigenvalue weighted by atomic mass is 16.5. The van der Waals surface area contributed by atoms with Gasteiger partial charge in [0.05, 0.1) is 7.11 Å². The van der Waals surface area contributed by atoms with Crippen LogP contribution in [0.4, 0.5) is 11.4 Å². The van der Waals surface area contributed by atoms with Gasteiger partial charge in [0, 0.05) is 30.0 Å². The normalized spacial score (nSPS) is 13.9. The highest BCUT2D eigenvalue weighted by Crippen LogP contribution is 2.25. The Morgan fingerprint density at radius 2 is 1.57 bits per heavy atom. The molecule has 1 aliphatic rings. The van der Waals surface area contributed by atoms with Gasteiger partial charge in [0.25, 0.3) is 5.91 Å². The number of anilines is 2. The van der Waals surface area contributed by atoms with Crippen LogP contribution in [0.5, 0.6) is 5.75 Å². The number of benzene rings is 3. The molecule has 1 N–H and O–H groups in total. The van der Waals surface area contributed by atoms with Crippen LogP contribution < -0.4 is 15.0 Å². The van der Waals surface area contributed by atoms with E-state index in [4.69, 9.17) is 4.74 Å². The molecule has 0 saturated carbocycles. The summed E-state index contributed by atoms with van der Waals surface area (Å²) in [7, 11) is 1.64. The molecule has 152 valence electrons. The van der Waals surface area contributed by atoms with Gasteiger partial charge in [-0.3, -0.25) is 4.79 Å². The molecule has 1 heterocycles. The van der Waals surface area contributed by atoms with Gasteiger partial charge in [0.2, 0.25) is 0 Å².